The van der Waals surface area contributed by atoms with E-state index in [9.17, 15) is 18.0 Å². The van der Waals surface area contributed by atoms with E-state index in [4.69, 9.17) is 16.3 Å². The Balaban J connectivity index is 1.59. The van der Waals surface area contributed by atoms with Crippen LogP contribution in [0.5, 0.6) is 5.75 Å². The maximum atomic E-state index is 12.9. The molecule has 3 rings (SSSR count). The molecule has 2 aromatic carbocycles. The van der Waals surface area contributed by atoms with Gasteiger partial charge < -0.3 is 15.4 Å². The number of rotatable bonds is 7. The Bertz CT molecular complexity index is 1080. The van der Waals surface area contributed by atoms with E-state index in [2.05, 4.69) is 10.6 Å². The Morgan fingerprint density at radius 1 is 1.09 bits per heavy atom. The normalized spacial score (nSPS) is 15.2. The number of hydrogen-bond donors (Lipinski definition) is 2. The third-order valence-corrected chi connectivity index (χ3v) is 7.37. The lowest BCUT2D eigenvalue weighted by atomic mass is 9.97. The molecule has 1 aliphatic heterocycles. The number of carbonyl (C=O) groups is 2. The number of ether oxygens (including phenoxy) is 1. The molecule has 0 radical (unpaired) electrons. The molecular formula is C22H26ClN3O5S. The molecule has 0 saturated carbocycles. The number of benzene rings is 2. The van der Waals surface area contributed by atoms with Crippen LogP contribution in [0.25, 0.3) is 0 Å². The van der Waals surface area contributed by atoms with Crippen molar-refractivity contribution in [2.45, 2.75) is 31.6 Å². The van der Waals surface area contributed by atoms with Gasteiger partial charge in [-0.2, -0.15) is 4.31 Å². The molecule has 1 aliphatic rings. The molecule has 0 unspecified atom stereocenters. The standard InChI is InChI=1S/C22H26ClN3O5S/c1-3-31-18-5-7-19(8-6-18)32(29,30)26-12-10-16(11-13-26)22(28)25-21-9-4-17(14-20(21)23)24-15(2)27/h4-9,14,16H,3,10-13H2,1-2H3,(H,24,27)(H,25,28). The number of nitrogens with one attached hydrogen (secondary N) is 2. The molecule has 2 aromatic rings. The van der Waals surface area contributed by atoms with Gasteiger partial charge in [-0.25, -0.2) is 8.42 Å². The fourth-order valence-electron chi connectivity index (χ4n) is 3.51. The molecule has 0 atom stereocenters. The lowest BCUT2D eigenvalue weighted by Crippen LogP contribution is -2.41. The summed E-state index contributed by atoms with van der Waals surface area (Å²) in [6, 6.07) is 11.2. The van der Waals surface area contributed by atoms with Crippen molar-refractivity contribution in [3.8, 4) is 5.75 Å². The highest BCUT2D eigenvalue weighted by atomic mass is 35.5. The van der Waals surface area contributed by atoms with E-state index < -0.39 is 10.0 Å². The topological polar surface area (TPSA) is 105 Å². The fraction of sp³-hybridized carbons (Fsp3) is 0.364. The maximum absolute atomic E-state index is 12.9. The van der Waals surface area contributed by atoms with Crippen LogP contribution in [0, 0.1) is 5.92 Å². The SMILES string of the molecule is CCOc1ccc(S(=O)(=O)N2CCC(C(=O)Nc3ccc(NC(C)=O)cc3Cl)CC2)cc1. The van der Waals surface area contributed by atoms with Crippen molar-refractivity contribution >= 4 is 44.8 Å². The summed E-state index contributed by atoms with van der Waals surface area (Å²) in [7, 11) is -3.63. The highest BCUT2D eigenvalue weighted by Crippen LogP contribution is 2.29. The zero-order valence-electron chi connectivity index (χ0n) is 17.9. The van der Waals surface area contributed by atoms with Gasteiger partial charge in [-0.1, -0.05) is 11.6 Å². The van der Waals surface area contributed by atoms with Gasteiger partial charge in [0.1, 0.15) is 5.75 Å². The van der Waals surface area contributed by atoms with Gasteiger partial charge in [0, 0.05) is 31.6 Å². The lowest BCUT2D eigenvalue weighted by Gasteiger charge is -2.30. The zero-order chi connectivity index (χ0) is 23.3. The van der Waals surface area contributed by atoms with Crippen molar-refractivity contribution < 1.29 is 22.7 Å². The second kappa shape index (κ2) is 10.3. The number of carbonyl (C=O) groups excluding carboxylic acids is 2. The Morgan fingerprint density at radius 2 is 1.75 bits per heavy atom. The Morgan fingerprint density at radius 3 is 2.31 bits per heavy atom. The van der Waals surface area contributed by atoms with Gasteiger partial charge >= 0.3 is 0 Å². The quantitative estimate of drug-likeness (QED) is 0.629. The molecule has 32 heavy (non-hydrogen) atoms. The first-order valence-corrected chi connectivity index (χ1v) is 12.1. The maximum Gasteiger partial charge on any atom is 0.243 e. The van der Waals surface area contributed by atoms with Crippen LogP contribution in [-0.4, -0.2) is 44.2 Å². The van der Waals surface area contributed by atoms with Crippen LogP contribution in [0.2, 0.25) is 5.02 Å². The summed E-state index contributed by atoms with van der Waals surface area (Å²) in [6.07, 6.45) is 0.813. The molecule has 2 N–H and O–H groups in total. The van der Waals surface area contributed by atoms with Crippen LogP contribution >= 0.6 is 11.6 Å². The zero-order valence-corrected chi connectivity index (χ0v) is 19.5. The molecule has 0 bridgehead atoms. The average molecular weight is 480 g/mol. The molecule has 172 valence electrons. The van der Waals surface area contributed by atoms with Crippen LogP contribution in [0.3, 0.4) is 0 Å². The van der Waals surface area contributed by atoms with Gasteiger partial charge in [0.15, 0.2) is 0 Å². The van der Waals surface area contributed by atoms with Gasteiger partial charge in [-0.3, -0.25) is 9.59 Å². The van der Waals surface area contributed by atoms with Gasteiger partial charge in [-0.05, 0) is 62.2 Å². The number of sulfonamides is 1. The summed E-state index contributed by atoms with van der Waals surface area (Å²) in [5, 5.41) is 5.73. The number of anilines is 2. The molecule has 0 aliphatic carbocycles. The molecule has 2 amide bonds. The van der Waals surface area contributed by atoms with Gasteiger partial charge in [0.2, 0.25) is 21.8 Å². The van der Waals surface area contributed by atoms with Crippen LogP contribution in [0.15, 0.2) is 47.4 Å². The Labute approximate surface area is 192 Å². The molecule has 1 heterocycles. The summed E-state index contributed by atoms with van der Waals surface area (Å²) < 4.78 is 32.6. The van der Waals surface area contributed by atoms with E-state index in [1.54, 1.807) is 30.3 Å². The van der Waals surface area contributed by atoms with Crippen LogP contribution < -0.4 is 15.4 Å². The minimum Gasteiger partial charge on any atom is -0.494 e. The van der Waals surface area contributed by atoms with Crippen LogP contribution in [0.4, 0.5) is 11.4 Å². The number of amides is 2. The monoisotopic (exact) mass is 479 g/mol. The molecule has 0 aromatic heterocycles. The summed E-state index contributed by atoms with van der Waals surface area (Å²) >= 11 is 6.22. The van der Waals surface area contributed by atoms with Crippen LogP contribution in [0.1, 0.15) is 26.7 Å². The predicted molar refractivity (Wildman–Crippen MR) is 123 cm³/mol. The second-order valence-corrected chi connectivity index (χ2v) is 9.79. The van der Waals surface area contributed by atoms with E-state index in [0.717, 1.165) is 0 Å². The molecule has 1 saturated heterocycles. The van der Waals surface area contributed by atoms with Crippen molar-refractivity contribution in [2.24, 2.45) is 5.92 Å². The average Bonchev–Trinajstić information content (AvgIpc) is 2.76. The largest absolute Gasteiger partial charge is 0.494 e. The second-order valence-electron chi connectivity index (χ2n) is 7.45. The minimum absolute atomic E-state index is 0.204. The van der Waals surface area contributed by atoms with E-state index in [-0.39, 0.29) is 35.7 Å². The number of nitrogens with zero attached hydrogens (tertiary/aromatic N) is 1. The van der Waals surface area contributed by atoms with E-state index in [1.807, 2.05) is 6.92 Å². The van der Waals surface area contributed by atoms with Gasteiger partial charge in [-0.15, -0.1) is 0 Å². The van der Waals surface area contributed by atoms with E-state index in [1.165, 1.54) is 23.4 Å². The highest BCUT2D eigenvalue weighted by molar-refractivity contribution is 7.89. The van der Waals surface area contributed by atoms with E-state index >= 15 is 0 Å². The lowest BCUT2D eigenvalue weighted by molar-refractivity contribution is -0.121. The van der Waals surface area contributed by atoms with Gasteiger partial charge in [0.25, 0.3) is 0 Å². The number of piperidine rings is 1. The summed E-state index contributed by atoms with van der Waals surface area (Å²) in [5.74, 6) is -0.138. The Kier molecular flexibility index (Phi) is 7.76. The minimum atomic E-state index is -3.63. The highest BCUT2D eigenvalue weighted by Gasteiger charge is 2.32. The molecule has 1 fully saturated rings. The van der Waals surface area contributed by atoms with Crippen molar-refractivity contribution in [3.05, 3.63) is 47.5 Å². The molecule has 10 heteroatoms. The van der Waals surface area contributed by atoms with Crippen molar-refractivity contribution in [1.82, 2.24) is 4.31 Å². The molecule has 0 spiro atoms. The first-order chi connectivity index (χ1) is 15.2. The third-order valence-electron chi connectivity index (χ3n) is 5.14. The number of hydrogen-bond acceptors (Lipinski definition) is 5. The summed E-state index contributed by atoms with van der Waals surface area (Å²) in [4.78, 5) is 24.0. The molecular weight excluding hydrogens is 454 g/mol. The predicted octanol–water partition coefficient (Wildman–Crippen LogP) is 3.74. The van der Waals surface area contributed by atoms with Crippen LogP contribution in [-0.2, 0) is 19.6 Å². The third kappa shape index (κ3) is 5.79. The first-order valence-electron chi connectivity index (χ1n) is 10.3. The summed E-state index contributed by atoms with van der Waals surface area (Å²) in [5.41, 5.74) is 0.975. The number of halogens is 1. The van der Waals surface area contributed by atoms with E-state index in [0.29, 0.717) is 41.6 Å². The van der Waals surface area contributed by atoms with Crippen molar-refractivity contribution in [2.75, 3.05) is 30.3 Å². The summed E-state index contributed by atoms with van der Waals surface area (Å²) in [6.45, 7) is 4.27. The fourth-order valence-corrected chi connectivity index (χ4v) is 5.21. The van der Waals surface area contributed by atoms with Gasteiger partial charge in [0.05, 0.1) is 22.2 Å². The molecule has 8 nitrogen and oxygen atoms in total. The smallest absolute Gasteiger partial charge is 0.243 e. The van der Waals surface area contributed by atoms with Crippen molar-refractivity contribution in [1.29, 1.82) is 0 Å². The first kappa shape index (κ1) is 24.0. The van der Waals surface area contributed by atoms with Crippen molar-refractivity contribution in [3.63, 3.8) is 0 Å². The Hall–Kier alpha value is -2.62.